The molecule has 0 saturated carbocycles. The maximum atomic E-state index is 5.85. The van der Waals surface area contributed by atoms with E-state index in [1.54, 1.807) is 0 Å². The molecule has 0 bridgehead atoms. The molecular formula is C12H16ClN. The van der Waals surface area contributed by atoms with Gasteiger partial charge in [-0.25, -0.2) is 0 Å². The van der Waals surface area contributed by atoms with E-state index in [4.69, 9.17) is 11.6 Å². The lowest BCUT2D eigenvalue weighted by molar-refractivity contribution is 0.333. The second kappa shape index (κ2) is 4.33. The van der Waals surface area contributed by atoms with E-state index in [1.165, 1.54) is 18.4 Å². The largest absolute Gasteiger partial charge is 0.310 e. The molecule has 1 saturated heterocycles. The van der Waals surface area contributed by atoms with Crippen molar-refractivity contribution in [2.24, 2.45) is 5.92 Å². The summed E-state index contributed by atoms with van der Waals surface area (Å²) in [6, 6.07) is 8.71. The second-order valence-electron chi connectivity index (χ2n) is 4.19. The summed E-state index contributed by atoms with van der Waals surface area (Å²) in [6.07, 6.45) is 2.56. The average Bonchev–Trinajstić information content (AvgIpc) is 2.21. The zero-order chi connectivity index (χ0) is 9.97. The topological polar surface area (TPSA) is 12.0 Å². The van der Waals surface area contributed by atoms with Crippen LogP contribution in [0.1, 0.15) is 31.4 Å². The van der Waals surface area contributed by atoms with Crippen LogP contribution in [0.4, 0.5) is 0 Å². The zero-order valence-corrected chi connectivity index (χ0v) is 9.22. The summed E-state index contributed by atoms with van der Waals surface area (Å²) >= 11 is 5.85. The Hall–Kier alpha value is -0.530. The Morgan fingerprint density at radius 2 is 1.93 bits per heavy atom. The van der Waals surface area contributed by atoms with Crippen LogP contribution in [0.5, 0.6) is 0 Å². The highest BCUT2D eigenvalue weighted by Crippen LogP contribution is 2.26. The van der Waals surface area contributed by atoms with E-state index in [0.717, 1.165) is 17.5 Å². The first-order chi connectivity index (χ1) is 6.75. The van der Waals surface area contributed by atoms with E-state index in [0.29, 0.717) is 6.04 Å². The van der Waals surface area contributed by atoms with E-state index in [-0.39, 0.29) is 0 Å². The molecule has 2 heteroatoms. The van der Waals surface area contributed by atoms with Gasteiger partial charge in [-0.1, -0.05) is 30.7 Å². The Morgan fingerprint density at radius 3 is 2.50 bits per heavy atom. The molecule has 76 valence electrons. The Labute approximate surface area is 90.5 Å². The van der Waals surface area contributed by atoms with Crippen molar-refractivity contribution in [2.45, 2.75) is 25.8 Å². The van der Waals surface area contributed by atoms with Gasteiger partial charge < -0.3 is 5.32 Å². The van der Waals surface area contributed by atoms with Gasteiger partial charge in [-0.2, -0.15) is 0 Å². The van der Waals surface area contributed by atoms with Crippen LogP contribution in [0, 0.1) is 5.92 Å². The summed E-state index contributed by atoms with van der Waals surface area (Å²) in [7, 11) is 0. The van der Waals surface area contributed by atoms with Gasteiger partial charge in [0.1, 0.15) is 0 Å². The molecule has 0 spiro atoms. The van der Waals surface area contributed by atoms with Crippen molar-refractivity contribution < 1.29 is 0 Å². The Morgan fingerprint density at radius 1 is 1.21 bits per heavy atom. The summed E-state index contributed by atoms with van der Waals surface area (Å²) in [5, 5.41) is 4.38. The van der Waals surface area contributed by atoms with Crippen LogP contribution in [0.3, 0.4) is 0 Å². The fraction of sp³-hybridized carbons (Fsp3) is 0.500. The summed E-state index contributed by atoms with van der Waals surface area (Å²) in [5.41, 5.74) is 1.36. The predicted molar refractivity (Wildman–Crippen MR) is 60.6 cm³/mol. The van der Waals surface area contributed by atoms with Crippen molar-refractivity contribution in [3.63, 3.8) is 0 Å². The SMILES string of the molecule is CC1CCC(c2ccc(Cl)cc2)NC1. The van der Waals surface area contributed by atoms with E-state index in [1.807, 2.05) is 12.1 Å². The number of hydrogen-bond acceptors (Lipinski definition) is 1. The van der Waals surface area contributed by atoms with Crippen molar-refractivity contribution in [3.8, 4) is 0 Å². The van der Waals surface area contributed by atoms with Crippen molar-refractivity contribution >= 4 is 11.6 Å². The molecule has 2 rings (SSSR count). The first kappa shape index (κ1) is 10.0. The van der Waals surface area contributed by atoms with Gasteiger partial charge in [-0.15, -0.1) is 0 Å². The molecule has 1 aliphatic heterocycles. The number of hydrogen-bond donors (Lipinski definition) is 1. The van der Waals surface area contributed by atoms with E-state index in [9.17, 15) is 0 Å². The molecule has 14 heavy (non-hydrogen) atoms. The number of rotatable bonds is 1. The lowest BCUT2D eigenvalue weighted by Crippen LogP contribution is -2.31. The highest BCUT2D eigenvalue weighted by Gasteiger charge is 2.18. The Balaban J connectivity index is 2.05. The van der Waals surface area contributed by atoms with Gasteiger partial charge in [0.2, 0.25) is 0 Å². The van der Waals surface area contributed by atoms with Gasteiger partial charge in [0.15, 0.2) is 0 Å². The van der Waals surface area contributed by atoms with Crippen molar-refractivity contribution in [2.75, 3.05) is 6.54 Å². The maximum absolute atomic E-state index is 5.85. The lowest BCUT2D eigenvalue weighted by Gasteiger charge is -2.28. The fourth-order valence-corrected chi connectivity index (χ4v) is 2.10. The molecule has 1 N–H and O–H groups in total. The fourth-order valence-electron chi connectivity index (χ4n) is 1.98. The average molecular weight is 210 g/mol. The van der Waals surface area contributed by atoms with Crippen LogP contribution in [0.2, 0.25) is 5.02 Å². The second-order valence-corrected chi connectivity index (χ2v) is 4.63. The predicted octanol–water partition coefficient (Wildman–Crippen LogP) is 3.40. The minimum atomic E-state index is 0.531. The molecule has 1 aliphatic rings. The summed E-state index contributed by atoms with van der Waals surface area (Å²) in [5.74, 6) is 0.818. The van der Waals surface area contributed by atoms with Crippen molar-refractivity contribution in [1.82, 2.24) is 5.32 Å². The molecular weight excluding hydrogens is 194 g/mol. The Bertz CT molecular complexity index is 286. The van der Waals surface area contributed by atoms with E-state index >= 15 is 0 Å². The zero-order valence-electron chi connectivity index (χ0n) is 8.46. The first-order valence-corrected chi connectivity index (χ1v) is 5.62. The molecule has 0 radical (unpaired) electrons. The smallest absolute Gasteiger partial charge is 0.0406 e. The van der Waals surface area contributed by atoms with E-state index in [2.05, 4.69) is 24.4 Å². The molecule has 1 nitrogen and oxygen atoms in total. The van der Waals surface area contributed by atoms with Crippen LogP contribution in [-0.4, -0.2) is 6.54 Å². The van der Waals surface area contributed by atoms with Crippen LogP contribution in [-0.2, 0) is 0 Å². The minimum Gasteiger partial charge on any atom is -0.310 e. The molecule has 1 heterocycles. The van der Waals surface area contributed by atoms with Crippen molar-refractivity contribution in [3.05, 3.63) is 34.9 Å². The monoisotopic (exact) mass is 209 g/mol. The molecule has 0 aromatic heterocycles. The molecule has 2 atom stereocenters. The van der Waals surface area contributed by atoms with Crippen LogP contribution < -0.4 is 5.32 Å². The molecule has 0 amide bonds. The third-order valence-corrected chi connectivity index (χ3v) is 3.19. The minimum absolute atomic E-state index is 0.531. The first-order valence-electron chi connectivity index (χ1n) is 5.24. The van der Waals surface area contributed by atoms with Gasteiger partial charge >= 0.3 is 0 Å². The highest BCUT2D eigenvalue weighted by molar-refractivity contribution is 6.30. The lowest BCUT2D eigenvalue weighted by atomic mass is 9.92. The molecule has 2 unspecified atom stereocenters. The van der Waals surface area contributed by atoms with Gasteiger partial charge in [0, 0.05) is 11.1 Å². The highest BCUT2D eigenvalue weighted by atomic mass is 35.5. The Kier molecular flexibility index (Phi) is 3.09. The van der Waals surface area contributed by atoms with Crippen molar-refractivity contribution in [1.29, 1.82) is 0 Å². The molecule has 0 aliphatic carbocycles. The van der Waals surface area contributed by atoms with Gasteiger partial charge in [0.25, 0.3) is 0 Å². The summed E-state index contributed by atoms with van der Waals surface area (Å²) in [6.45, 7) is 3.43. The standard InChI is InChI=1S/C12H16ClN/c1-9-2-7-12(14-8-9)10-3-5-11(13)6-4-10/h3-6,9,12,14H,2,7-8H2,1H3. The van der Waals surface area contributed by atoms with E-state index < -0.39 is 0 Å². The summed E-state index contributed by atoms with van der Waals surface area (Å²) < 4.78 is 0. The van der Waals surface area contributed by atoms with Crippen LogP contribution >= 0.6 is 11.6 Å². The number of nitrogens with one attached hydrogen (secondary N) is 1. The molecule has 1 aromatic rings. The van der Waals surface area contributed by atoms with Gasteiger partial charge in [0.05, 0.1) is 0 Å². The van der Waals surface area contributed by atoms with Crippen LogP contribution in [0.25, 0.3) is 0 Å². The summed E-state index contributed by atoms with van der Waals surface area (Å²) in [4.78, 5) is 0. The number of benzene rings is 1. The van der Waals surface area contributed by atoms with Gasteiger partial charge in [-0.3, -0.25) is 0 Å². The third kappa shape index (κ3) is 2.28. The quantitative estimate of drug-likeness (QED) is 0.748. The number of piperidine rings is 1. The number of halogens is 1. The third-order valence-electron chi connectivity index (χ3n) is 2.93. The molecule has 1 aromatic carbocycles. The molecule has 1 fully saturated rings. The van der Waals surface area contributed by atoms with Gasteiger partial charge in [-0.05, 0) is 43.0 Å². The maximum Gasteiger partial charge on any atom is 0.0406 e. The van der Waals surface area contributed by atoms with Crippen LogP contribution in [0.15, 0.2) is 24.3 Å². The normalized spacial score (nSPS) is 27.6.